The molecule has 0 aliphatic carbocycles. The number of nitrogens with one attached hydrogen (secondary N) is 1. The van der Waals surface area contributed by atoms with Gasteiger partial charge in [0.2, 0.25) is 5.91 Å². The lowest BCUT2D eigenvalue weighted by Gasteiger charge is -2.36. The van der Waals surface area contributed by atoms with Crippen LogP contribution >= 0.6 is 0 Å². The highest BCUT2D eigenvalue weighted by Gasteiger charge is 2.40. The normalized spacial score (nSPS) is 12.4. The number of amides is 1. The van der Waals surface area contributed by atoms with Gasteiger partial charge >= 0.3 is 0 Å². The van der Waals surface area contributed by atoms with Gasteiger partial charge in [0.15, 0.2) is 0 Å². The van der Waals surface area contributed by atoms with Crippen LogP contribution in [0.5, 0.6) is 0 Å². The first kappa shape index (κ1) is 13.7. The standard InChI is InChI=1S/C14H22N2O/c1-10-7-6-8-11(9-10)16-12(17)13(2,3)14(4,5)15/h6-9H,15H2,1-5H3,(H,16,17). The van der Waals surface area contributed by atoms with Gasteiger partial charge in [-0.05, 0) is 52.3 Å². The molecule has 3 heteroatoms. The first-order valence-electron chi connectivity index (χ1n) is 5.81. The first-order valence-corrected chi connectivity index (χ1v) is 5.81. The molecule has 3 nitrogen and oxygen atoms in total. The Bertz CT molecular complexity index is 416. The van der Waals surface area contributed by atoms with E-state index in [1.54, 1.807) is 0 Å². The van der Waals surface area contributed by atoms with Crippen molar-refractivity contribution in [2.75, 3.05) is 5.32 Å². The SMILES string of the molecule is Cc1cccc(NC(=O)C(C)(C)C(C)(C)N)c1. The van der Waals surface area contributed by atoms with Crippen LogP contribution in [-0.4, -0.2) is 11.4 Å². The lowest BCUT2D eigenvalue weighted by molar-refractivity contribution is -0.126. The van der Waals surface area contributed by atoms with Gasteiger partial charge in [0.25, 0.3) is 0 Å². The molecule has 94 valence electrons. The van der Waals surface area contributed by atoms with Crippen molar-refractivity contribution in [1.82, 2.24) is 0 Å². The molecule has 1 aromatic rings. The Kier molecular flexibility index (Phi) is 3.62. The Morgan fingerprint density at radius 3 is 2.29 bits per heavy atom. The molecule has 3 N–H and O–H groups in total. The van der Waals surface area contributed by atoms with Gasteiger partial charge in [0, 0.05) is 11.2 Å². The van der Waals surface area contributed by atoms with Crippen LogP contribution < -0.4 is 11.1 Å². The summed E-state index contributed by atoms with van der Waals surface area (Å²) in [5.74, 6) is -0.0596. The molecule has 0 unspecified atom stereocenters. The number of carbonyl (C=O) groups excluding carboxylic acids is 1. The van der Waals surface area contributed by atoms with Crippen LogP contribution in [0.1, 0.15) is 33.3 Å². The molecule has 0 spiro atoms. The van der Waals surface area contributed by atoms with Gasteiger partial charge in [-0.2, -0.15) is 0 Å². The van der Waals surface area contributed by atoms with E-state index in [9.17, 15) is 4.79 Å². The van der Waals surface area contributed by atoms with Gasteiger partial charge in [-0.3, -0.25) is 4.79 Å². The zero-order valence-corrected chi connectivity index (χ0v) is 11.3. The summed E-state index contributed by atoms with van der Waals surface area (Å²) < 4.78 is 0. The van der Waals surface area contributed by atoms with E-state index in [0.717, 1.165) is 11.3 Å². The Hall–Kier alpha value is -1.35. The van der Waals surface area contributed by atoms with Crippen molar-refractivity contribution in [2.24, 2.45) is 11.1 Å². The smallest absolute Gasteiger partial charge is 0.231 e. The fourth-order valence-corrected chi connectivity index (χ4v) is 1.30. The fourth-order valence-electron chi connectivity index (χ4n) is 1.30. The number of carbonyl (C=O) groups is 1. The van der Waals surface area contributed by atoms with Gasteiger partial charge in [0.05, 0.1) is 5.41 Å². The van der Waals surface area contributed by atoms with E-state index in [0.29, 0.717) is 0 Å². The van der Waals surface area contributed by atoms with Gasteiger partial charge in [-0.1, -0.05) is 12.1 Å². The van der Waals surface area contributed by atoms with Gasteiger partial charge < -0.3 is 11.1 Å². The maximum atomic E-state index is 12.2. The number of hydrogen-bond donors (Lipinski definition) is 2. The molecule has 0 radical (unpaired) electrons. The number of hydrogen-bond acceptors (Lipinski definition) is 2. The highest BCUT2D eigenvalue weighted by molar-refractivity contribution is 5.95. The van der Waals surface area contributed by atoms with Crippen LogP contribution in [0.3, 0.4) is 0 Å². The summed E-state index contributed by atoms with van der Waals surface area (Å²) in [6, 6.07) is 7.74. The second-order valence-corrected chi connectivity index (χ2v) is 5.67. The van der Waals surface area contributed by atoms with E-state index >= 15 is 0 Å². The minimum Gasteiger partial charge on any atom is -0.326 e. The van der Waals surface area contributed by atoms with E-state index in [1.807, 2.05) is 58.9 Å². The van der Waals surface area contributed by atoms with Crippen molar-refractivity contribution in [3.8, 4) is 0 Å². The maximum Gasteiger partial charge on any atom is 0.231 e. The third-order valence-electron chi connectivity index (χ3n) is 3.45. The number of aryl methyl sites for hydroxylation is 1. The van der Waals surface area contributed by atoms with Crippen molar-refractivity contribution in [3.63, 3.8) is 0 Å². The van der Waals surface area contributed by atoms with Crippen LogP contribution in [0.15, 0.2) is 24.3 Å². The predicted molar refractivity (Wildman–Crippen MR) is 71.9 cm³/mol. The minimum absolute atomic E-state index is 0.0596. The molecule has 1 rings (SSSR count). The van der Waals surface area contributed by atoms with Crippen molar-refractivity contribution >= 4 is 11.6 Å². The van der Waals surface area contributed by atoms with Crippen LogP contribution in [-0.2, 0) is 4.79 Å². The molecule has 0 aliphatic rings. The Morgan fingerprint density at radius 1 is 1.24 bits per heavy atom. The highest BCUT2D eigenvalue weighted by Crippen LogP contribution is 2.29. The molecule has 0 fully saturated rings. The van der Waals surface area contributed by atoms with E-state index in [4.69, 9.17) is 5.73 Å². The molecule has 1 aromatic carbocycles. The van der Waals surface area contributed by atoms with E-state index in [-0.39, 0.29) is 5.91 Å². The summed E-state index contributed by atoms with van der Waals surface area (Å²) in [4.78, 5) is 12.2. The molecule has 0 saturated heterocycles. The molecule has 0 aliphatic heterocycles. The molecule has 0 bridgehead atoms. The second kappa shape index (κ2) is 4.49. The minimum atomic E-state index is -0.628. The second-order valence-electron chi connectivity index (χ2n) is 5.67. The summed E-state index contributed by atoms with van der Waals surface area (Å²) in [5.41, 5.74) is 6.77. The summed E-state index contributed by atoms with van der Waals surface area (Å²) in [5, 5.41) is 2.91. The monoisotopic (exact) mass is 234 g/mol. The number of nitrogens with two attached hydrogens (primary N) is 1. The summed E-state index contributed by atoms with van der Waals surface area (Å²) in [6.45, 7) is 9.44. The predicted octanol–water partition coefficient (Wildman–Crippen LogP) is 2.70. The Balaban J connectivity index is 2.87. The number of benzene rings is 1. The van der Waals surface area contributed by atoms with Crippen molar-refractivity contribution in [2.45, 2.75) is 40.2 Å². The zero-order valence-electron chi connectivity index (χ0n) is 11.3. The van der Waals surface area contributed by atoms with Crippen LogP contribution in [0, 0.1) is 12.3 Å². The summed E-state index contributed by atoms with van der Waals surface area (Å²) in [7, 11) is 0. The largest absolute Gasteiger partial charge is 0.326 e. The van der Waals surface area contributed by atoms with E-state index in [1.165, 1.54) is 0 Å². The first-order chi connectivity index (χ1) is 7.64. The Morgan fingerprint density at radius 2 is 1.82 bits per heavy atom. The molecule has 0 heterocycles. The number of anilines is 1. The molecule has 1 amide bonds. The maximum absolute atomic E-state index is 12.2. The number of rotatable bonds is 3. The average Bonchev–Trinajstić information content (AvgIpc) is 2.15. The van der Waals surface area contributed by atoms with Gasteiger partial charge in [0.1, 0.15) is 0 Å². The Labute approximate surface area is 103 Å². The summed E-state index contributed by atoms with van der Waals surface area (Å²) in [6.07, 6.45) is 0. The third kappa shape index (κ3) is 3.07. The van der Waals surface area contributed by atoms with Crippen LogP contribution in [0.2, 0.25) is 0 Å². The van der Waals surface area contributed by atoms with Crippen LogP contribution in [0.25, 0.3) is 0 Å². The quantitative estimate of drug-likeness (QED) is 0.844. The molecule has 17 heavy (non-hydrogen) atoms. The van der Waals surface area contributed by atoms with Crippen molar-refractivity contribution in [3.05, 3.63) is 29.8 Å². The highest BCUT2D eigenvalue weighted by atomic mass is 16.2. The van der Waals surface area contributed by atoms with Crippen molar-refractivity contribution in [1.29, 1.82) is 0 Å². The average molecular weight is 234 g/mol. The van der Waals surface area contributed by atoms with E-state index in [2.05, 4.69) is 5.32 Å². The fraction of sp³-hybridized carbons (Fsp3) is 0.500. The zero-order chi connectivity index (χ0) is 13.3. The lowest BCUT2D eigenvalue weighted by atomic mass is 9.74. The summed E-state index contributed by atoms with van der Waals surface area (Å²) >= 11 is 0. The van der Waals surface area contributed by atoms with Crippen molar-refractivity contribution < 1.29 is 4.79 Å². The molecular weight excluding hydrogens is 212 g/mol. The van der Waals surface area contributed by atoms with Gasteiger partial charge in [-0.15, -0.1) is 0 Å². The molecule has 0 aromatic heterocycles. The molecule has 0 saturated carbocycles. The third-order valence-corrected chi connectivity index (χ3v) is 3.45. The molecular formula is C14H22N2O. The lowest BCUT2D eigenvalue weighted by Crippen LogP contribution is -2.53. The van der Waals surface area contributed by atoms with Crippen LogP contribution in [0.4, 0.5) is 5.69 Å². The molecule has 0 atom stereocenters. The van der Waals surface area contributed by atoms with Gasteiger partial charge in [-0.25, -0.2) is 0 Å². The topological polar surface area (TPSA) is 55.1 Å². The van der Waals surface area contributed by atoms with E-state index < -0.39 is 11.0 Å².